The average Bonchev–Trinajstić information content (AvgIpc) is 3.21. The summed E-state index contributed by atoms with van der Waals surface area (Å²) in [6, 6.07) is 6.76. The van der Waals surface area contributed by atoms with E-state index >= 15 is 0 Å². The van der Waals surface area contributed by atoms with Crippen molar-refractivity contribution in [2.75, 3.05) is 5.32 Å². The number of nitrogens with zero attached hydrogens (tertiary/aromatic N) is 4. The molecule has 0 aliphatic rings. The van der Waals surface area contributed by atoms with Crippen LogP contribution in [0.5, 0.6) is 0 Å². The van der Waals surface area contributed by atoms with E-state index in [1.54, 1.807) is 34.6 Å². The molecule has 1 amide bonds. The van der Waals surface area contributed by atoms with Gasteiger partial charge in [-0.2, -0.15) is 23.4 Å². The largest absolute Gasteiger partial charge is 0.416 e. The van der Waals surface area contributed by atoms with Crippen LogP contribution in [0.2, 0.25) is 0 Å². The average molecular weight is 377 g/mol. The number of anilines is 1. The van der Waals surface area contributed by atoms with Crippen molar-refractivity contribution in [1.29, 1.82) is 0 Å². The minimum Gasteiger partial charge on any atom is -0.305 e. The quantitative estimate of drug-likeness (QED) is 0.737. The number of carbonyl (C=O) groups excluding carboxylic acids is 1. The number of aryl methyl sites for hydroxylation is 2. The Hall–Kier alpha value is -3.10. The van der Waals surface area contributed by atoms with Gasteiger partial charge in [0.25, 0.3) is 5.91 Å². The van der Waals surface area contributed by atoms with Gasteiger partial charge < -0.3 is 5.32 Å². The Kier molecular flexibility index (Phi) is 5.02. The van der Waals surface area contributed by atoms with Crippen molar-refractivity contribution in [2.45, 2.75) is 33.1 Å². The maximum Gasteiger partial charge on any atom is 0.416 e. The van der Waals surface area contributed by atoms with E-state index in [2.05, 4.69) is 15.5 Å². The van der Waals surface area contributed by atoms with Crippen LogP contribution in [0.3, 0.4) is 0 Å². The molecule has 2 aromatic heterocycles. The third kappa shape index (κ3) is 4.36. The van der Waals surface area contributed by atoms with E-state index in [1.807, 2.05) is 6.92 Å². The van der Waals surface area contributed by atoms with E-state index in [1.165, 1.54) is 12.3 Å². The Balaban J connectivity index is 1.74. The molecule has 0 aliphatic carbocycles. The van der Waals surface area contributed by atoms with Crippen LogP contribution >= 0.6 is 0 Å². The molecule has 0 aliphatic heterocycles. The van der Waals surface area contributed by atoms with Crippen molar-refractivity contribution in [1.82, 2.24) is 19.6 Å². The highest BCUT2D eigenvalue weighted by molar-refractivity contribution is 6.03. The van der Waals surface area contributed by atoms with E-state index in [4.69, 9.17) is 0 Å². The molecule has 27 heavy (non-hydrogen) atoms. The van der Waals surface area contributed by atoms with E-state index in [0.717, 1.165) is 12.1 Å². The highest BCUT2D eigenvalue weighted by Gasteiger charge is 2.30. The zero-order valence-corrected chi connectivity index (χ0v) is 14.8. The summed E-state index contributed by atoms with van der Waals surface area (Å²) in [4.78, 5) is 12.2. The molecular weight excluding hydrogens is 359 g/mol. The molecular formula is C18H18F3N5O. The number of carbonyl (C=O) groups is 1. The van der Waals surface area contributed by atoms with Gasteiger partial charge in [-0.3, -0.25) is 14.2 Å². The Morgan fingerprint density at radius 3 is 2.70 bits per heavy atom. The monoisotopic (exact) mass is 377 g/mol. The lowest BCUT2D eigenvalue weighted by molar-refractivity contribution is -0.137. The zero-order chi connectivity index (χ0) is 19.6. The van der Waals surface area contributed by atoms with Crippen molar-refractivity contribution < 1.29 is 18.0 Å². The fraction of sp³-hybridized carbons (Fsp3) is 0.278. The van der Waals surface area contributed by atoms with Crippen molar-refractivity contribution in [3.05, 3.63) is 65.1 Å². The summed E-state index contributed by atoms with van der Waals surface area (Å²) >= 11 is 0. The lowest BCUT2D eigenvalue weighted by Crippen LogP contribution is -2.12. The maximum absolute atomic E-state index is 12.8. The highest BCUT2D eigenvalue weighted by atomic mass is 19.4. The van der Waals surface area contributed by atoms with Gasteiger partial charge in [0.2, 0.25) is 0 Å². The van der Waals surface area contributed by atoms with Crippen LogP contribution in [0, 0.1) is 6.92 Å². The fourth-order valence-electron chi connectivity index (χ4n) is 2.59. The molecule has 142 valence electrons. The summed E-state index contributed by atoms with van der Waals surface area (Å²) in [6.07, 6.45) is -1.30. The van der Waals surface area contributed by atoms with Crippen LogP contribution in [-0.4, -0.2) is 25.5 Å². The van der Waals surface area contributed by atoms with Crippen LogP contribution in [0.4, 0.5) is 19.0 Å². The number of rotatable bonds is 5. The zero-order valence-electron chi connectivity index (χ0n) is 14.8. The number of amides is 1. The molecule has 3 aromatic rings. The summed E-state index contributed by atoms with van der Waals surface area (Å²) in [6.45, 7) is 4.50. The summed E-state index contributed by atoms with van der Waals surface area (Å²) in [5, 5.41) is 11.0. The Bertz CT molecular complexity index is 958. The van der Waals surface area contributed by atoms with Crippen molar-refractivity contribution in [2.24, 2.45) is 0 Å². The highest BCUT2D eigenvalue weighted by Crippen LogP contribution is 2.29. The van der Waals surface area contributed by atoms with Gasteiger partial charge in [-0.15, -0.1) is 0 Å². The third-order valence-electron chi connectivity index (χ3n) is 4.03. The second-order valence-corrected chi connectivity index (χ2v) is 6.07. The lowest BCUT2D eigenvalue weighted by Gasteiger charge is -2.09. The summed E-state index contributed by atoms with van der Waals surface area (Å²) in [7, 11) is 0. The summed E-state index contributed by atoms with van der Waals surface area (Å²) < 4.78 is 41.7. The Morgan fingerprint density at radius 1 is 1.26 bits per heavy atom. The van der Waals surface area contributed by atoms with Crippen LogP contribution in [0.25, 0.3) is 0 Å². The number of halogens is 3. The summed E-state index contributed by atoms with van der Waals surface area (Å²) in [5.74, 6) is -0.0212. The molecule has 0 atom stereocenters. The van der Waals surface area contributed by atoms with Gasteiger partial charge in [-0.25, -0.2) is 0 Å². The predicted molar refractivity (Wildman–Crippen MR) is 93.4 cm³/mol. The predicted octanol–water partition coefficient (Wildman–Crippen LogP) is 3.73. The van der Waals surface area contributed by atoms with E-state index in [0.29, 0.717) is 29.2 Å². The number of aromatic nitrogens is 4. The second-order valence-electron chi connectivity index (χ2n) is 6.07. The van der Waals surface area contributed by atoms with E-state index in [-0.39, 0.29) is 12.5 Å². The third-order valence-corrected chi connectivity index (χ3v) is 4.03. The van der Waals surface area contributed by atoms with Gasteiger partial charge in [0.1, 0.15) is 0 Å². The van der Waals surface area contributed by atoms with Crippen molar-refractivity contribution in [3.63, 3.8) is 0 Å². The standard InChI is InChI=1S/C18H18F3N5O/c1-3-25-11-14(9-22-25)17(27)23-16-7-12(2)26(24-16)10-13-5-4-6-15(8-13)18(19,20)21/h4-9,11H,3,10H2,1-2H3,(H,23,24,27). The fourth-order valence-corrected chi connectivity index (χ4v) is 2.59. The molecule has 0 radical (unpaired) electrons. The molecule has 1 aromatic carbocycles. The minimum absolute atomic E-state index is 0.166. The molecule has 1 N–H and O–H groups in total. The first kappa shape index (κ1) is 18.7. The smallest absolute Gasteiger partial charge is 0.305 e. The number of hydrogen-bond acceptors (Lipinski definition) is 3. The number of alkyl halides is 3. The molecule has 0 fully saturated rings. The molecule has 9 heteroatoms. The van der Waals surface area contributed by atoms with Crippen LogP contribution in [0.15, 0.2) is 42.7 Å². The van der Waals surface area contributed by atoms with Gasteiger partial charge in [-0.1, -0.05) is 12.1 Å². The molecule has 0 saturated heterocycles. The second kappa shape index (κ2) is 7.26. The Morgan fingerprint density at radius 2 is 2.04 bits per heavy atom. The molecule has 0 spiro atoms. The normalized spacial score (nSPS) is 11.6. The first-order valence-electron chi connectivity index (χ1n) is 8.30. The van der Waals surface area contributed by atoms with Gasteiger partial charge in [-0.05, 0) is 31.5 Å². The first-order chi connectivity index (χ1) is 12.8. The summed E-state index contributed by atoms with van der Waals surface area (Å²) in [5.41, 5.74) is 0.887. The molecule has 0 saturated carbocycles. The minimum atomic E-state index is -4.39. The van der Waals surface area contributed by atoms with Gasteiger partial charge in [0.15, 0.2) is 5.82 Å². The molecule has 0 unspecified atom stereocenters. The number of hydrogen-bond donors (Lipinski definition) is 1. The first-order valence-corrected chi connectivity index (χ1v) is 8.30. The van der Waals surface area contributed by atoms with Gasteiger partial charge in [0, 0.05) is 24.5 Å². The molecule has 6 nitrogen and oxygen atoms in total. The Labute approximate surface area is 153 Å². The number of nitrogens with one attached hydrogen (secondary N) is 1. The van der Waals surface area contributed by atoms with Crippen molar-refractivity contribution in [3.8, 4) is 0 Å². The topological polar surface area (TPSA) is 64.7 Å². The molecule has 0 bridgehead atoms. The van der Waals surface area contributed by atoms with Crippen LogP contribution < -0.4 is 5.32 Å². The van der Waals surface area contributed by atoms with Crippen LogP contribution in [0.1, 0.15) is 34.1 Å². The van der Waals surface area contributed by atoms with Crippen molar-refractivity contribution >= 4 is 11.7 Å². The van der Waals surface area contributed by atoms with E-state index < -0.39 is 11.7 Å². The maximum atomic E-state index is 12.8. The van der Waals surface area contributed by atoms with Gasteiger partial charge >= 0.3 is 6.18 Å². The SMILES string of the molecule is CCn1cc(C(=O)Nc2cc(C)n(Cc3cccc(C(F)(F)F)c3)n2)cn1. The lowest BCUT2D eigenvalue weighted by atomic mass is 10.1. The molecule has 3 rings (SSSR count). The van der Waals surface area contributed by atoms with Gasteiger partial charge in [0.05, 0.1) is 23.9 Å². The molecule has 2 heterocycles. The van der Waals surface area contributed by atoms with Crippen LogP contribution in [-0.2, 0) is 19.3 Å². The van der Waals surface area contributed by atoms with E-state index in [9.17, 15) is 18.0 Å². The number of benzene rings is 1.